The van der Waals surface area contributed by atoms with Gasteiger partial charge in [0.25, 0.3) is 0 Å². The molecule has 0 spiro atoms. The van der Waals surface area contributed by atoms with Crippen molar-refractivity contribution >= 4 is 14.1 Å². The van der Waals surface area contributed by atoms with Crippen LogP contribution in [0.3, 0.4) is 0 Å². The number of carbonyl (C=O) groups is 1. The maximum Gasteiger partial charge on any atom is 0.201 e. The van der Waals surface area contributed by atoms with Gasteiger partial charge in [0.2, 0.25) is 8.32 Å². The number of fused-ring (bicyclic) bond motifs is 2. The lowest BCUT2D eigenvalue weighted by molar-refractivity contribution is -0.175. The fourth-order valence-corrected chi connectivity index (χ4v) is 10.3. The average molecular weight is 325 g/mol. The molecule has 2 heterocycles. The van der Waals surface area contributed by atoms with E-state index in [0.29, 0.717) is 23.0 Å². The summed E-state index contributed by atoms with van der Waals surface area (Å²) in [4.78, 5) is 12.8. The van der Waals surface area contributed by atoms with Crippen molar-refractivity contribution in [1.29, 1.82) is 0 Å². The molecule has 0 radical (unpaired) electrons. The van der Waals surface area contributed by atoms with Crippen molar-refractivity contribution in [2.24, 2.45) is 0 Å². The Bertz CT molecular complexity index is 461. The molecule has 2 bridgehead atoms. The minimum Gasteiger partial charge on any atom is -0.403 e. The van der Waals surface area contributed by atoms with Crippen LogP contribution in [0.1, 0.15) is 61.8 Å². The van der Waals surface area contributed by atoms with E-state index in [1.807, 2.05) is 26.0 Å². The average Bonchev–Trinajstić information content (AvgIpc) is 2.60. The molecule has 0 aromatic carbocycles. The van der Waals surface area contributed by atoms with Gasteiger partial charge in [0.1, 0.15) is 11.7 Å². The van der Waals surface area contributed by atoms with Crippen LogP contribution in [0.15, 0.2) is 12.2 Å². The number of hydrogen-bond acceptors (Lipinski definition) is 3. The molecule has 0 unspecified atom stereocenters. The van der Waals surface area contributed by atoms with Crippen LogP contribution in [-0.4, -0.2) is 31.4 Å². The Kier molecular flexibility index (Phi) is 4.53. The Labute approximate surface area is 136 Å². The Morgan fingerprint density at radius 2 is 1.59 bits per heavy atom. The van der Waals surface area contributed by atoms with E-state index >= 15 is 0 Å². The third-order valence-corrected chi connectivity index (χ3v) is 11.6. The van der Waals surface area contributed by atoms with Crippen LogP contribution in [0.4, 0.5) is 0 Å². The monoisotopic (exact) mass is 324 g/mol. The number of Topliss-reactive ketones (excluding diaryl/α,β-unsaturated/α-hetero) is 1. The number of carbonyl (C=O) groups excluding carboxylic acids is 1. The van der Waals surface area contributed by atoms with Crippen LogP contribution in [0.5, 0.6) is 0 Å². The second-order valence-corrected chi connectivity index (χ2v) is 13.8. The second kappa shape index (κ2) is 5.57. The predicted octanol–water partition coefficient (Wildman–Crippen LogP) is 4.62. The van der Waals surface area contributed by atoms with Crippen molar-refractivity contribution in [3.63, 3.8) is 0 Å². The van der Waals surface area contributed by atoms with Crippen molar-refractivity contribution in [3.8, 4) is 0 Å². The van der Waals surface area contributed by atoms with Gasteiger partial charge in [-0.15, -0.1) is 0 Å². The number of hydrogen-bond donors (Lipinski definition) is 0. The maximum atomic E-state index is 12.8. The van der Waals surface area contributed by atoms with E-state index in [1.54, 1.807) is 0 Å². The van der Waals surface area contributed by atoms with Crippen molar-refractivity contribution < 1.29 is 14.0 Å². The summed E-state index contributed by atoms with van der Waals surface area (Å²) in [6.45, 7) is 17.5. The summed E-state index contributed by atoms with van der Waals surface area (Å²) >= 11 is 0. The van der Waals surface area contributed by atoms with Gasteiger partial charge in [-0.3, -0.25) is 4.79 Å². The van der Waals surface area contributed by atoms with Gasteiger partial charge in [-0.25, -0.2) is 0 Å². The number of rotatable bonds is 5. The highest BCUT2D eigenvalue weighted by atomic mass is 28.4. The first kappa shape index (κ1) is 17.9. The lowest BCUT2D eigenvalue weighted by Crippen LogP contribution is -2.61. The zero-order valence-electron chi connectivity index (χ0n) is 15.4. The fraction of sp³-hybridized carbons (Fsp3) is 0.833. The highest BCUT2D eigenvalue weighted by molar-refractivity contribution is 6.77. The minimum absolute atomic E-state index is 0.195. The first-order valence-electron chi connectivity index (χ1n) is 8.58. The zero-order valence-corrected chi connectivity index (χ0v) is 16.4. The number of ether oxygens (including phenoxy) is 1. The minimum atomic E-state index is -2.10. The van der Waals surface area contributed by atoms with Crippen molar-refractivity contribution in [2.45, 2.75) is 95.7 Å². The summed E-state index contributed by atoms with van der Waals surface area (Å²) in [5.74, 6) is 0.195. The van der Waals surface area contributed by atoms with Gasteiger partial charge in [0.05, 0.1) is 5.60 Å². The van der Waals surface area contributed by atoms with Crippen LogP contribution >= 0.6 is 0 Å². The molecule has 126 valence electrons. The molecule has 0 saturated carbocycles. The Balaban J connectivity index is 2.38. The van der Waals surface area contributed by atoms with Crippen LogP contribution in [0.25, 0.3) is 0 Å². The van der Waals surface area contributed by atoms with Crippen LogP contribution < -0.4 is 0 Å². The summed E-state index contributed by atoms with van der Waals surface area (Å²) in [6, 6.07) is 0. The molecule has 0 amide bonds. The SMILES string of the molecule is CC(C)[Si](O[C@H]1C(=O)C[C@]2(C)C=C[C@]1(C)O2)(C(C)C)C(C)C. The second-order valence-electron chi connectivity index (χ2n) is 8.39. The molecule has 3 nitrogen and oxygen atoms in total. The molecule has 0 aromatic heterocycles. The summed E-state index contributed by atoms with van der Waals surface area (Å²) in [6.07, 6.45) is 4.04. The van der Waals surface area contributed by atoms with Gasteiger partial charge in [-0.2, -0.15) is 0 Å². The molecule has 2 aliphatic heterocycles. The fourth-order valence-electron chi connectivity index (χ4n) is 4.70. The van der Waals surface area contributed by atoms with Gasteiger partial charge in [0.15, 0.2) is 5.78 Å². The van der Waals surface area contributed by atoms with Crippen LogP contribution in [0, 0.1) is 0 Å². The largest absolute Gasteiger partial charge is 0.403 e. The number of ketones is 1. The molecular weight excluding hydrogens is 292 g/mol. The normalized spacial score (nSPS) is 35.2. The molecule has 1 saturated heterocycles. The summed E-state index contributed by atoms with van der Waals surface area (Å²) in [5.41, 5.74) is 0.331. The molecule has 2 aliphatic rings. The Morgan fingerprint density at radius 3 is 2.05 bits per heavy atom. The molecule has 0 aliphatic carbocycles. The van der Waals surface area contributed by atoms with Crippen molar-refractivity contribution in [3.05, 3.63) is 12.2 Å². The first-order chi connectivity index (χ1) is 9.97. The van der Waals surface area contributed by atoms with Gasteiger partial charge < -0.3 is 9.16 Å². The highest BCUT2D eigenvalue weighted by Gasteiger charge is 2.57. The van der Waals surface area contributed by atoms with E-state index in [0.717, 1.165) is 0 Å². The molecule has 3 atom stereocenters. The molecule has 4 heteroatoms. The molecule has 0 N–H and O–H groups in total. The lowest BCUT2D eigenvalue weighted by Gasteiger charge is -2.49. The molecule has 2 rings (SSSR count). The molecule has 0 aromatic rings. The summed E-state index contributed by atoms with van der Waals surface area (Å²) in [7, 11) is -2.10. The van der Waals surface area contributed by atoms with Gasteiger partial charge in [-0.05, 0) is 30.5 Å². The van der Waals surface area contributed by atoms with Crippen molar-refractivity contribution in [1.82, 2.24) is 0 Å². The standard InChI is InChI=1S/C18H32O3Si/c1-12(2)22(13(3)4,14(5)6)20-16-15(19)11-17(7)9-10-18(16,8)21-17/h9-10,12-14,16H,11H2,1-8H3/t16-,17-,18-/m0/s1. The summed E-state index contributed by atoms with van der Waals surface area (Å²) < 4.78 is 13.0. The highest BCUT2D eigenvalue weighted by Crippen LogP contribution is 2.48. The molecular formula is C18H32O3Si. The quantitative estimate of drug-likeness (QED) is 0.546. The third-order valence-electron chi connectivity index (χ3n) is 5.59. The van der Waals surface area contributed by atoms with Crippen molar-refractivity contribution in [2.75, 3.05) is 0 Å². The third kappa shape index (κ3) is 2.63. The summed E-state index contributed by atoms with van der Waals surface area (Å²) in [5, 5.41) is 0. The van der Waals surface area contributed by atoms with E-state index in [2.05, 4.69) is 41.5 Å². The topological polar surface area (TPSA) is 35.5 Å². The van der Waals surface area contributed by atoms with Crippen LogP contribution in [-0.2, 0) is 14.0 Å². The predicted molar refractivity (Wildman–Crippen MR) is 92.6 cm³/mol. The van der Waals surface area contributed by atoms with E-state index in [-0.39, 0.29) is 5.78 Å². The Morgan fingerprint density at radius 1 is 1.09 bits per heavy atom. The molecule has 1 fully saturated rings. The van der Waals surface area contributed by atoms with Gasteiger partial charge in [0, 0.05) is 6.42 Å². The van der Waals surface area contributed by atoms with E-state index < -0.39 is 25.6 Å². The van der Waals surface area contributed by atoms with E-state index in [4.69, 9.17) is 9.16 Å². The maximum absolute atomic E-state index is 12.8. The van der Waals surface area contributed by atoms with E-state index in [1.165, 1.54) is 0 Å². The lowest BCUT2D eigenvalue weighted by atomic mass is 9.90. The van der Waals surface area contributed by atoms with Gasteiger partial charge >= 0.3 is 0 Å². The van der Waals surface area contributed by atoms with E-state index in [9.17, 15) is 4.79 Å². The zero-order chi connectivity index (χ0) is 16.9. The van der Waals surface area contributed by atoms with Crippen LogP contribution in [0.2, 0.25) is 16.6 Å². The smallest absolute Gasteiger partial charge is 0.201 e. The Hall–Kier alpha value is -0.453. The van der Waals surface area contributed by atoms with Gasteiger partial charge in [-0.1, -0.05) is 53.7 Å². The first-order valence-corrected chi connectivity index (χ1v) is 10.7. The molecule has 22 heavy (non-hydrogen) atoms.